The fourth-order valence-electron chi connectivity index (χ4n) is 3.82. The summed E-state index contributed by atoms with van der Waals surface area (Å²) >= 11 is 0. The van der Waals surface area contributed by atoms with Gasteiger partial charge in [0.15, 0.2) is 6.61 Å². The van der Waals surface area contributed by atoms with Crippen LogP contribution < -0.4 is 14.8 Å². The molecule has 35 heavy (non-hydrogen) atoms. The minimum absolute atomic E-state index is 0.0379. The predicted octanol–water partition coefficient (Wildman–Crippen LogP) is 3.74. The highest BCUT2D eigenvalue weighted by molar-refractivity contribution is 5.93. The summed E-state index contributed by atoms with van der Waals surface area (Å²) in [6, 6.07) is 14.5. The molecule has 1 aliphatic rings. The van der Waals surface area contributed by atoms with Crippen LogP contribution in [0.25, 0.3) is 5.69 Å². The van der Waals surface area contributed by atoms with Crippen LogP contribution in [0.15, 0.2) is 60.8 Å². The summed E-state index contributed by atoms with van der Waals surface area (Å²) in [4.78, 5) is 25.0. The standard InChI is InChI=1S/C24H23F2N3O6/c1-32-20-5-3-2-4-18(20)29-19(10-12-27-29)22-17(11-13-33-22)23(31)34-14-21(30)28-15-6-8-16(9-7-15)35-24(25)26/h2-10,12,17,22,24H,11,13-14H2,1H3,(H,28,30)/t17-,22-/m1/s1. The minimum atomic E-state index is -2.94. The Kier molecular flexibility index (Phi) is 7.56. The number of nitrogens with zero attached hydrogens (tertiary/aromatic N) is 2. The van der Waals surface area contributed by atoms with Crippen LogP contribution in [0, 0.1) is 5.92 Å². The fourth-order valence-corrected chi connectivity index (χ4v) is 3.82. The Bertz CT molecular complexity index is 1170. The molecule has 3 aromatic rings. The van der Waals surface area contributed by atoms with E-state index in [4.69, 9.17) is 14.2 Å². The van der Waals surface area contributed by atoms with Crippen molar-refractivity contribution in [2.24, 2.45) is 5.92 Å². The Hall–Kier alpha value is -3.99. The summed E-state index contributed by atoms with van der Waals surface area (Å²) < 4.78 is 46.9. The predicted molar refractivity (Wildman–Crippen MR) is 120 cm³/mol. The lowest BCUT2D eigenvalue weighted by Crippen LogP contribution is -2.27. The highest BCUT2D eigenvalue weighted by atomic mass is 19.3. The summed E-state index contributed by atoms with van der Waals surface area (Å²) in [6.07, 6.45) is 1.42. The number of hydrogen-bond acceptors (Lipinski definition) is 7. The molecule has 184 valence electrons. The molecule has 4 rings (SSSR count). The van der Waals surface area contributed by atoms with E-state index in [9.17, 15) is 18.4 Å². The van der Waals surface area contributed by atoms with Gasteiger partial charge in [0.25, 0.3) is 5.91 Å². The Morgan fingerprint density at radius 2 is 1.94 bits per heavy atom. The quantitative estimate of drug-likeness (QED) is 0.459. The first kappa shape index (κ1) is 24.1. The van der Waals surface area contributed by atoms with Crippen molar-refractivity contribution >= 4 is 17.6 Å². The topological polar surface area (TPSA) is 101 Å². The first-order chi connectivity index (χ1) is 17.0. The number of para-hydroxylation sites is 2. The molecule has 1 aliphatic heterocycles. The van der Waals surface area contributed by atoms with Gasteiger partial charge in [0.05, 0.1) is 18.7 Å². The molecule has 0 unspecified atom stereocenters. The van der Waals surface area contributed by atoms with Gasteiger partial charge in [-0.05, 0) is 48.9 Å². The van der Waals surface area contributed by atoms with E-state index in [1.165, 1.54) is 24.3 Å². The lowest BCUT2D eigenvalue weighted by molar-refractivity contribution is -0.153. The van der Waals surface area contributed by atoms with Gasteiger partial charge in [0, 0.05) is 18.5 Å². The van der Waals surface area contributed by atoms with Crippen molar-refractivity contribution in [1.29, 1.82) is 0 Å². The average Bonchev–Trinajstić information content (AvgIpc) is 3.53. The Labute approximate surface area is 199 Å². The third-order valence-electron chi connectivity index (χ3n) is 5.38. The van der Waals surface area contributed by atoms with Crippen LogP contribution in [0.3, 0.4) is 0 Å². The van der Waals surface area contributed by atoms with E-state index in [1.807, 2.05) is 18.2 Å². The van der Waals surface area contributed by atoms with Crippen LogP contribution in [0.4, 0.5) is 14.5 Å². The molecule has 1 N–H and O–H groups in total. The molecular weight excluding hydrogens is 464 g/mol. The second kappa shape index (κ2) is 11.0. The molecule has 0 aliphatic carbocycles. The number of rotatable bonds is 9. The number of methoxy groups -OCH3 is 1. The number of carbonyl (C=O) groups is 2. The molecule has 9 nitrogen and oxygen atoms in total. The summed E-state index contributed by atoms with van der Waals surface area (Å²) in [5, 5.41) is 6.90. The maximum absolute atomic E-state index is 12.8. The molecule has 1 aromatic heterocycles. The first-order valence-corrected chi connectivity index (χ1v) is 10.8. The lowest BCUT2D eigenvalue weighted by Gasteiger charge is -2.19. The fraction of sp³-hybridized carbons (Fsp3) is 0.292. The number of hydrogen-bond donors (Lipinski definition) is 1. The summed E-state index contributed by atoms with van der Waals surface area (Å²) in [5.74, 6) is -1.20. The number of halogens is 2. The largest absolute Gasteiger partial charge is 0.494 e. The van der Waals surface area contributed by atoms with Gasteiger partial charge in [-0.2, -0.15) is 13.9 Å². The van der Waals surface area contributed by atoms with Gasteiger partial charge in [-0.15, -0.1) is 0 Å². The number of esters is 1. The van der Waals surface area contributed by atoms with Crippen LogP contribution in [0.1, 0.15) is 18.2 Å². The Morgan fingerprint density at radius 3 is 2.69 bits per heavy atom. The van der Waals surface area contributed by atoms with Crippen molar-refractivity contribution in [2.45, 2.75) is 19.1 Å². The molecule has 2 heterocycles. The number of anilines is 1. The summed E-state index contributed by atoms with van der Waals surface area (Å²) in [6.45, 7) is -3.10. The average molecular weight is 487 g/mol. The van der Waals surface area contributed by atoms with E-state index in [2.05, 4.69) is 15.2 Å². The van der Waals surface area contributed by atoms with Crippen molar-refractivity contribution in [3.8, 4) is 17.2 Å². The number of carbonyl (C=O) groups excluding carboxylic acids is 2. The van der Waals surface area contributed by atoms with Crippen LogP contribution in [-0.4, -0.2) is 48.6 Å². The van der Waals surface area contributed by atoms with Crippen LogP contribution in [-0.2, 0) is 19.1 Å². The monoisotopic (exact) mass is 487 g/mol. The van der Waals surface area contributed by atoms with Crippen LogP contribution >= 0.6 is 0 Å². The second-order valence-corrected chi connectivity index (χ2v) is 7.59. The Morgan fingerprint density at radius 1 is 1.17 bits per heavy atom. The molecule has 0 spiro atoms. The maximum atomic E-state index is 12.8. The zero-order chi connectivity index (χ0) is 24.8. The molecule has 2 aromatic carbocycles. The highest BCUT2D eigenvalue weighted by Gasteiger charge is 2.39. The molecule has 11 heteroatoms. The number of alkyl halides is 2. The van der Waals surface area contributed by atoms with E-state index in [0.717, 1.165) is 0 Å². The van der Waals surface area contributed by atoms with Gasteiger partial charge in [-0.25, -0.2) is 4.68 Å². The van der Waals surface area contributed by atoms with E-state index >= 15 is 0 Å². The van der Waals surface area contributed by atoms with Crippen molar-refractivity contribution in [3.63, 3.8) is 0 Å². The van der Waals surface area contributed by atoms with E-state index in [0.29, 0.717) is 35.8 Å². The zero-order valence-electron chi connectivity index (χ0n) is 18.7. The minimum Gasteiger partial charge on any atom is -0.494 e. The Balaban J connectivity index is 1.37. The highest BCUT2D eigenvalue weighted by Crippen LogP contribution is 2.37. The summed E-state index contributed by atoms with van der Waals surface area (Å²) in [7, 11) is 1.56. The number of aromatic nitrogens is 2. The van der Waals surface area contributed by atoms with E-state index in [1.54, 1.807) is 30.1 Å². The molecule has 2 atom stereocenters. The van der Waals surface area contributed by atoms with E-state index in [-0.39, 0.29) is 5.75 Å². The molecular formula is C24H23F2N3O6. The smallest absolute Gasteiger partial charge is 0.387 e. The van der Waals surface area contributed by atoms with Crippen LogP contribution in [0.2, 0.25) is 0 Å². The summed E-state index contributed by atoms with van der Waals surface area (Å²) in [5.41, 5.74) is 1.70. The zero-order valence-corrected chi connectivity index (χ0v) is 18.7. The van der Waals surface area contributed by atoms with Crippen molar-refractivity contribution in [3.05, 3.63) is 66.5 Å². The van der Waals surface area contributed by atoms with Crippen molar-refractivity contribution < 1.29 is 37.3 Å². The van der Waals surface area contributed by atoms with Crippen LogP contribution in [0.5, 0.6) is 11.5 Å². The maximum Gasteiger partial charge on any atom is 0.387 e. The van der Waals surface area contributed by atoms with Gasteiger partial charge in [0.1, 0.15) is 23.3 Å². The van der Waals surface area contributed by atoms with Gasteiger partial charge in [0.2, 0.25) is 0 Å². The van der Waals surface area contributed by atoms with Gasteiger partial charge >= 0.3 is 12.6 Å². The molecule has 1 fully saturated rings. The third kappa shape index (κ3) is 5.75. The molecule has 0 bridgehead atoms. The lowest BCUT2D eigenvalue weighted by atomic mass is 9.99. The van der Waals surface area contributed by atoms with Gasteiger partial charge in [-0.1, -0.05) is 12.1 Å². The first-order valence-electron chi connectivity index (χ1n) is 10.8. The van der Waals surface area contributed by atoms with Gasteiger partial charge in [-0.3, -0.25) is 9.59 Å². The number of ether oxygens (including phenoxy) is 4. The number of benzene rings is 2. The SMILES string of the molecule is COc1ccccc1-n1nccc1[C@@H]1OCC[C@H]1C(=O)OCC(=O)Nc1ccc(OC(F)F)cc1. The third-order valence-corrected chi connectivity index (χ3v) is 5.38. The molecule has 1 amide bonds. The number of nitrogens with one attached hydrogen (secondary N) is 1. The normalized spacial score (nSPS) is 17.3. The van der Waals surface area contributed by atoms with Gasteiger partial charge < -0.3 is 24.3 Å². The molecule has 0 saturated carbocycles. The second-order valence-electron chi connectivity index (χ2n) is 7.59. The molecule has 0 radical (unpaired) electrons. The van der Waals surface area contributed by atoms with E-state index < -0.39 is 37.1 Å². The van der Waals surface area contributed by atoms with Crippen molar-refractivity contribution in [1.82, 2.24) is 9.78 Å². The van der Waals surface area contributed by atoms with Crippen molar-refractivity contribution in [2.75, 3.05) is 25.6 Å². The molecule has 1 saturated heterocycles. The number of amides is 1.